The third-order valence-electron chi connectivity index (χ3n) is 5.69. The summed E-state index contributed by atoms with van der Waals surface area (Å²) >= 11 is 0. The van der Waals surface area contributed by atoms with E-state index in [1.54, 1.807) is 45.9 Å². The standard InChI is InChI=1S/C27H27N7O2/c1-16(2)36-21-9-7-20(8-10-21)27(35)31-24-13-19(5)32-34(24)26-22-14-30-33(25(22)28-15-29-26)23-11-6-17(3)12-18(23)4/h6-16H,1-5H3,(H,31,35). The number of aromatic nitrogens is 6. The van der Waals surface area contributed by atoms with Crippen LogP contribution in [-0.4, -0.2) is 41.5 Å². The Hall–Kier alpha value is -4.53. The highest BCUT2D eigenvalue weighted by molar-refractivity contribution is 6.04. The van der Waals surface area contributed by atoms with Crippen molar-refractivity contribution in [1.82, 2.24) is 29.5 Å². The molecule has 5 rings (SSSR count). The topological polar surface area (TPSA) is 99.8 Å². The Morgan fingerprint density at radius 3 is 2.47 bits per heavy atom. The van der Waals surface area contributed by atoms with Crippen LogP contribution in [0.5, 0.6) is 5.75 Å². The minimum absolute atomic E-state index is 0.0611. The van der Waals surface area contributed by atoms with E-state index in [0.29, 0.717) is 34.0 Å². The molecule has 0 bridgehead atoms. The molecule has 36 heavy (non-hydrogen) atoms. The maximum atomic E-state index is 13.0. The lowest BCUT2D eigenvalue weighted by Gasteiger charge is -2.11. The van der Waals surface area contributed by atoms with Gasteiger partial charge in [0.2, 0.25) is 0 Å². The van der Waals surface area contributed by atoms with E-state index in [2.05, 4.69) is 38.5 Å². The highest BCUT2D eigenvalue weighted by Crippen LogP contribution is 2.26. The molecular weight excluding hydrogens is 454 g/mol. The monoisotopic (exact) mass is 481 g/mol. The van der Waals surface area contributed by atoms with Crippen molar-refractivity contribution in [2.24, 2.45) is 0 Å². The van der Waals surface area contributed by atoms with Crippen LogP contribution in [0.25, 0.3) is 22.5 Å². The van der Waals surface area contributed by atoms with Crippen molar-refractivity contribution < 1.29 is 9.53 Å². The Labute approximate surface area is 208 Å². The predicted molar refractivity (Wildman–Crippen MR) is 138 cm³/mol. The average Bonchev–Trinajstić information content (AvgIpc) is 3.42. The van der Waals surface area contributed by atoms with Gasteiger partial charge in [-0.25, -0.2) is 14.6 Å². The lowest BCUT2D eigenvalue weighted by Crippen LogP contribution is -2.16. The van der Waals surface area contributed by atoms with Crippen molar-refractivity contribution in [3.05, 3.63) is 83.4 Å². The van der Waals surface area contributed by atoms with E-state index in [0.717, 1.165) is 16.9 Å². The molecule has 182 valence electrons. The molecule has 1 N–H and O–H groups in total. The SMILES string of the molecule is Cc1ccc(-n2ncc3c(-n4nc(C)cc4NC(=O)c4ccc(OC(C)C)cc4)ncnc32)c(C)c1. The smallest absolute Gasteiger partial charge is 0.256 e. The summed E-state index contributed by atoms with van der Waals surface area (Å²) in [5.74, 6) is 1.48. The molecule has 9 heteroatoms. The first kappa shape index (κ1) is 23.2. The minimum atomic E-state index is -0.261. The highest BCUT2D eigenvalue weighted by Gasteiger charge is 2.19. The number of nitrogens with zero attached hydrogens (tertiary/aromatic N) is 6. The normalized spacial score (nSPS) is 11.3. The molecule has 0 atom stereocenters. The van der Waals surface area contributed by atoms with Crippen molar-refractivity contribution in [2.75, 3.05) is 5.32 Å². The zero-order valence-corrected chi connectivity index (χ0v) is 20.9. The summed E-state index contributed by atoms with van der Waals surface area (Å²) in [5.41, 5.74) is 5.10. The molecule has 0 spiro atoms. The number of carbonyl (C=O) groups is 1. The van der Waals surface area contributed by atoms with Crippen LogP contribution in [-0.2, 0) is 0 Å². The number of hydrogen-bond donors (Lipinski definition) is 1. The van der Waals surface area contributed by atoms with E-state index < -0.39 is 0 Å². The Kier molecular flexibility index (Phi) is 5.97. The first-order valence-corrected chi connectivity index (χ1v) is 11.7. The van der Waals surface area contributed by atoms with Crippen LogP contribution in [0.15, 0.2) is 61.1 Å². The molecule has 1 amide bonds. The van der Waals surface area contributed by atoms with Crippen LogP contribution in [0.2, 0.25) is 0 Å². The van der Waals surface area contributed by atoms with Gasteiger partial charge in [0.15, 0.2) is 11.5 Å². The zero-order valence-electron chi connectivity index (χ0n) is 20.9. The molecule has 0 aliphatic heterocycles. The lowest BCUT2D eigenvalue weighted by molar-refractivity contribution is 0.102. The number of anilines is 1. The fraction of sp³-hybridized carbons (Fsp3) is 0.222. The fourth-order valence-corrected chi connectivity index (χ4v) is 4.12. The van der Waals surface area contributed by atoms with Crippen LogP contribution in [0.1, 0.15) is 41.0 Å². The number of carbonyl (C=O) groups excluding carboxylic acids is 1. The second-order valence-electron chi connectivity index (χ2n) is 9.01. The van der Waals surface area contributed by atoms with E-state index in [9.17, 15) is 4.79 Å². The molecule has 9 nitrogen and oxygen atoms in total. The van der Waals surface area contributed by atoms with Crippen molar-refractivity contribution in [3.8, 4) is 17.3 Å². The maximum Gasteiger partial charge on any atom is 0.256 e. The second-order valence-corrected chi connectivity index (χ2v) is 9.01. The summed E-state index contributed by atoms with van der Waals surface area (Å²) in [6.07, 6.45) is 3.26. The summed E-state index contributed by atoms with van der Waals surface area (Å²) in [6.45, 7) is 9.88. The van der Waals surface area contributed by atoms with Gasteiger partial charge < -0.3 is 10.1 Å². The van der Waals surface area contributed by atoms with E-state index in [1.165, 1.54) is 11.9 Å². The lowest BCUT2D eigenvalue weighted by atomic mass is 10.1. The molecule has 3 heterocycles. The van der Waals surface area contributed by atoms with E-state index in [1.807, 2.05) is 39.8 Å². The minimum Gasteiger partial charge on any atom is -0.491 e. The number of ether oxygens (including phenoxy) is 1. The molecular formula is C27H27N7O2. The molecule has 0 aliphatic rings. The van der Waals surface area contributed by atoms with Crippen LogP contribution in [0.4, 0.5) is 5.82 Å². The third-order valence-corrected chi connectivity index (χ3v) is 5.69. The quantitative estimate of drug-likeness (QED) is 0.368. The Bertz CT molecular complexity index is 1570. The Morgan fingerprint density at radius 2 is 1.75 bits per heavy atom. The number of fused-ring (bicyclic) bond motifs is 1. The molecule has 0 unspecified atom stereocenters. The van der Waals surface area contributed by atoms with Crippen molar-refractivity contribution >= 4 is 22.8 Å². The first-order chi connectivity index (χ1) is 17.3. The maximum absolute atomic E-state index is 13.0. The molecule has 0 saturated carbocycles. The number of amides is 1. The summed E-state index contributed by atoms with van der Waals surface area (Å²) in [5, 5.41) is 12.9. The van der Waals surface area contributed by atoms with Gasteiger partial charge in [-0.2, -0.15) is 14.9 Å². The molecule has 0 aliphatic carbocycles. The number of benzene rings is 2. The second kappa shape index (κ2) is 9.26. The molecule has 5 aromatic rings. The van der Waals surface area contributed by atoms with Crippen LogP contribution >= 0.6 is 0 Å². The largest absolute Gasteiger partial charge is 0.491 e. The number of rotatable bonds is 6. The van der Waals surface area contributed by atoms with Gasteiger partial charge in [-0.3, -0.25) is 4.79 Å². The molecule has 0 fully saturated rings. The highest BCUT2D eigenvalue weighted by atomic mass is 16.5. The summed E-state index contributed by atoms with van der Waals surface area (Å²) in [6, 6.07) is 15.0. The first-order valence-electron chi connectivity index (χ1n) is 11.7. The van der Waals surface area contributed by atoms with Crippen molar-refractivity contribution in [2.45, 2.75) is 40.7 Å². The van der Waals surface area contributed by atoms with Gasteiger partial charge >= 0.3 is 0 Å². The number of nitrogens with one attached hydrogen (secondary N) is 1. The van der Waals surface area contributed by atoms with Gasteiger partial charge in [0, 0.05) is 11.6 Å². The van der Waals surface area contributed by atoms with E-state index >= 15 is 0 Å². The summed E-state index contributed by atoms with van der Waals surface area (Å²) in [4.78, 5) is 22.0. The summed E-state index contributed by atoms with van der Waals surface area (Å²) in [7, 11) is 0. The predicted octanol–water partition coefficient (Wildman–Crippen LogP) is 4.97. The van der Waals surface area contributed by atoms with Crippen LogP contribution in [0.3, 0.4) is 0 Å². The van der Waals surface area contributed by atoms with Gasteiger partial charge in [-0.15, -0.1) is 0 Å². The molecule has 3 aromatic heterocycles. The van der Waals surface area contributed by atoms with Gasteiger partial charge in [-0.05, 0) is 70.5 Å². The van der Waals surface area contributed by atoms with E-state index in [4.69, 9.17) is 4.74 Å². The van der Waals surface area contributed by atoms with Gasteiger partial charge in [0.05, 0.1) is 29.1 Å². The van der Waals surface area contributed by atoms with Crippen LogP contribution < -0.4 is 10.1 Å². The van der Waals surface area contributed by atoms with Gasteiger partial charge in [0.1, 0.15) is 17.9 Å². The molecule has 0 radical (unpaired) electrons. The number of aryl methyl sites for hydroxylation is 3. The van der Waals surface area contributed by atoms with Gasteiger partial charge in [0.25, 0.3) is 5.91 Å². The third kappa shape index (κ3) is 4.43. The molecule has 2 aromatic carbocycles. The number of hydrogen-bond acceptors (Lipinski definition) is 6. The Balaban J connectivity index is 1.49. The van der Waals surface area contributed by atoms with Gasteiger partial charge in [-0.1, -0.05) is 17.7 Å². The van der Waals surface area contributed by atoms with Crippen molar-refractivity contribution in [3.63, 3.8) is 0 Å². The van der Waals surface area contributed by atoms with Crippen LogP contribution in [0, 0.1) is 20.8 Å². The average molecular weight is 482 g/mol. The Morgan fingerprint density at radius 1 is 0.972 bits per heavy atom. The fourth-order valence-electron chi connectivity index (χ4n) is 4.12. The van der Waals surface area contributed by atoms with E-state index in [-0.39, 0.29) is 12.0 Å². The molecule has 0 saturated heterocycles. The van der Waals surface area contributed by atoms with Crippen molar-refractivity contribution in [1.29, 1.82) is 0 Å². The zero-order chi connectivity index (χ0) is 25.4. The summed E-state index contributed by atoms with van der Waals surface area (Å²) < 4.78 is 9.08.